The van der Waals surface area contributed by atoms with Crippen molar-refractivity contribution >= 4 is 0 Å². The molecular weight excluding hydrogens is 266 g/mol. The molecule has 1 N–H and O–H groups in total. The van der Waals surface area contributed by atoms with Gasteiger partial charge in [-0.25, -0.2) is 0 Å². The zero-order valence-corrected chi connectivity index (χ0v) is 11.7. The van der Waals surface area contributed by atoms with Crippen LogP contribution in [0.4, 0.5) is 0 Å². The van der Waals surface area contributed by atoms with E-state index < -0.39 is 0 Å². The third-order valence-corrected chi connectivity index (χ3v) is 3.26. The Morgan fingerprint density at radius 3 is 2.95 bits per heavy atom. The van der Waals surface area contributed by atoms with Crippen LogP contribution in [0.25, 0.3) is 11.4 Å². The Kier molecular flexibility index (Phi) is 3.64. The Bertz CT molecular complexity index is 753. The number of benzene rings is 1. The second-order valence-corrected chi connectivity index (χ2v) is 4.74. The van der Waals surface area contributed by atoms with E-state index in [1.807, 2.05) is 18.3 Å². The van der Waals surface area contributed by atoms with Gasteiger partial charge in [0.1, 0.15) is 5.75 Å². The van der Waals surface area contributed by atoms with Gasteiger partial charge in [0, 0.05) is 18.0 Å². The number of rotatable bonds is 4. The Balaban J connectivity index is 1.86. The van der Waals surface area contributed by atoms with Gasteiger partial charge in [0.2, 0.25) is 11.7 Å². The van der Waals surface area contributed by atoms with Gasteiger partial charge in [-0.3, -0.25) is 4.98 Å². The number of hydrogen-bond donors (Lipinski definition) is 1. The molecule has 0 spiro atoms. The van der Waals surface area contributed by atoms with Gasteiger partial charge in [-0.05, 0) is 35.7 Å². The van der Waals surface area contributed by atoms with E-state index in [1.165, 1.54) is 0 Å². The van der Waals surface area contributed by atoms with Crippen molar-refractivity contribution in [3.63, 3.8) is 0 Å². The number of nitrogens with zero attached hydrogens (tertiary/aromatic N) is 3. The van der Waals surface area contributed by atoms with Crippen molar-refractivity contribution in [1.82, 2.24) is 15.1 Å². The van der Waals surface area contributed by atoms with Crippen molar-refractivity contribution in [2.24, 2.45) is 0 Å². The van der Waals surface area contributed by atoms with Crippen molar-refractivity contribution in [3.8, 4) is 17.1 Å². The second-order valence-electron chi connectivity index (χ2n) is 4.74. The number of hydrogen-bond acceptors (Lipinski definition) is 5. The molecule has 0 aliphatic heterocycles. The molecule has 2 aromatic heterocycles. The van der Waals surface area contributed by atoms with Crippen molar-refractivity contribution in [1.29, 1.82) is 0 Å². The maximum Gasteiger partial charge on any atom is 0.231 e. The van der Waals surface area contributed by atoms with Crippen LogP contribution in [0.2, 0.25) is 0 Å². The largest absolute Gasteiger partial charge is 0.508 e. The SMILES string of the molecule is CCc1cnccc1-c1noc(Cc2cccc(O)c2)n1. The smallest absolute Gasteiger partial charge is 0.231 e. The molecule has 0 aliphatic rings. The van der Waals surface area contributed by atoms with Gasteiger partial charge in [-0.15, -0.1) is 0 Å². The summed E-state index contributed by atoms with van der Waals surface area (Å²) in [5, 5.41) is 13.5. The van der Waals surface area contributed by atoms with Crippen molar-refractivity contribution in [2.75, 3.05) is 0 Å². The van der Waals surface area contributed by atoms with E-state index in [1.54, 1.807) is 24.4 Å². The second kappa shape index (κ2) is 5.75. The van der Waals surface area contributed by atoms with Gasteiger partial charge in [0.25, 0.3) is 0 Å². The Labute approximate surface area is 122 Å². The average Bonchev–Trinajstić information content (AvgIpc) is 2.95. The minimum atomic E-state index is 0.231. The highest BCUT2D eigenvalue weighted by molar-refractivity contribution is 5.58. The van der Waals surface area contributed by atoms with Crippen molar-refractivity contribution < 1.29 is 9.63 Å². The van der Waals surface area contributed by atoms with Crippen LogP contribution in [0.15, 0.2) is 47.2 Å². The molecular formula is C16H15N3O2. The predicted octanol–water partition coefficient (Wildman–Crippen LogP) is 2.99. The first-order valence-corrected chi connectivity index (χ1v) is 6.80. The van der Waals surface area contributed by atoms with Gasteiger partial charge in [-0.1, -0.05) is 24.2 Å². The topological polar surface area (TPSA) is 72.0 Å². The highest BCUT2D eigenvalue weighted by atomic mass is 16.5. The number of aryl methyl sites for hydroxylation is 1. The number of phenolic OH excluding ortho intramolecular Hbond substituents is 1. The fourth-order valence-corrected chi connectivity index (χ4v) is 2.20. The highest BCUT2D eigenvalue weighted by Crippen LogP contribution is 2.21. The molecule has 21 heavy (non-hydrogen) atoms. The molecule has 0 amide bonds. The molecule has 5 heteroatoms. The quantitative estimate of drug-likeness (QED) is 0.796. The van der Waals surface area contributed by atoms with E-state index >= 15 is 0 Å². The summed E-state index contributed by atoms with van der Waals surface area (Å²) in [5.41, 5.74) is 2.95. The number of phenols is 1. The van der Waals surface area contributed by atoms with Gasteiger partial charge in [0.15, 0.2) is 0 Å². The zero-order chi connectivity index (χ0) is 14.7. The Morgan fingerprint density at radius 2 is 2.14 bits per heavy atom. The van der Waals surface area contributed by atoms with Crippen LogP contribution in [0.3, 0.4) is 0 Å². The minimum Gasteiger partial charge on any atom is -0.508 e. The molecule has 0 unspecified atom stereocenters. The summed E-state index contributed by atoms with van der Waals surface area (Å²) in [6.45, 7) is 2.06. The number of aromatic nitrogens is 3. The fraction of sp³-hybridized carbons (Fsp3) is 0.188. The lowest BCUT2D eigenvalue weighted by atomic mass is 10.1. The monoisotopic (exact) mass is 281 g/mol. The first kappa shape index (κ1) is 13.3. The molecule has 0 radical (unpaired) electrons. The third-order valence-electron chi connectivity index (χ3n) is 3.26. The summed E-state index contributed by atoms with van der Waals surface area (Å²) in [6.07, 6.45) is 4.90. The molecule has 5 nitrogen and oxygen atoms in total. The van der Waals surface area contributed by atoms with Crippen LogP contribution in [-0.4, -0.2) is 20.2 Å². The number of pyridine rings is 1. The van der Waals surface area contributed by atoms with Crippen LogP contribution in [0, 0.1) is 0 Å². The number of aromatic hydroxyl groups is 1. The van der Waals surface area contributed by atoms with Gasteiger partial charge >= 0.3 is 0 Å². The average molecular weight is 281 g/mol. The molecule has 2 heterocycles. The summed E-state index contributed by atoms with van der Waals surface area (Å²) >= 11 is 0. The van der Waals surface area contributed by atoms with E-state index in [9.17, 15) is 5.11 Å². The summed E-state index contributed by atoms with van der Waals surface area (Å²) < 4.78 is 5.30. The summed E-state index contributed by atoms with van der Waals surface area (Å²) in [6, 6.07) is 8.91. The van der Waals surface area contributed by atoms with Gasteiger partial charge in [-0.2, -0.15) is 4.98 Å². The van der Waals surface area contributed by atoms with Gasteiger partial charge in [0.05, 0.1) is 6.42 Å². The predicted molar refractivity (Wildman–Crippen MR) is 77.8 cm³/mol. The fourth-order valence-electron chi connectivity index (χ4n) is 2.20. The van der Waals surface area contributed by atoms with E-state index in [0.29, 0.717) is 18.1 Å². The molecule has 0 fully saturated rings. The lowest BCUT2D eigenvalue weighted by Crippen LogP contribution is -1.92. The normalized spacial score (nSPS) is 10.7. The molecule has 0 saturated carbocycles. The maximum absolute atomic E-state index is 9.47. The lowest BCUT2D eigenvalue weighted by Gasteiger charge is -2.01. The molecule has 0 atom stereocenters. The van der Waals surface area contributed by atoms with E-state index in [-0.39, 0.29) is 5.75 Å². The molecule has 3 aromatic rings. The van der Waals surface area contributed by atoms with Crippen molar-refractivity contribution in [3.05, 3.63) is 59.7 Å². The van der Waals surface area contributed by atoms with Crippen LogP contribution < -0.4 is 0 Å². The minimum absolute atomic E-state index is 0.231. The molecule has 3 rings (SSSR count). The molecule has 0 bridgehead atoms. The molecule has 106 valence electrons. The first-order chi connectivity index (χ1) is 10.3. The maximum atomic E-state index is 9.47. The highest BCUT2D eigenvalue weighted by Gasteiger charge is 2.12. The van der Waals surface area contributed by atoms with Crippen LogP contribution >= 0.6 is 0 Å². The molecule has 1 aromatic carbocycles. The summed E-state index contributed by atoms with van der Waals surface area (Å²) in [4.78, 5) is 8.54. The van der Waals surface area contributed by atoms with E-state index in [2.05, 4.69) is 22.0 Å². The Hall–Kier alpha value is -2.69. The van der Waals surface area contributed by atoms with Crippen LogP contribution in [0.1, 0.15) is 23.9 Å². The zero-order valence-electron chi connectivity index (χ0n) is 11.7. The lowest BCUT2D eigenvalue weighted by molar-refractivity contribution is 0.385. The standard InChI is InChI=1S/C16H15N3O2/c1-2-12-10-17-7-6-14(12)16-18-15(21-19-16)9-11-4-3-5-13(20)8-11/h3-8,10,20H,2,9H2,1H3. The van der Waals surface area contributed by atoms with Crippen molar-refractivity contribution in [2.45, 2.75) is 19.8 Å². The summed E-state index contributed by atoms with van der Waals surface area (Å²) in [5.74, 6) is 1.33. The van der Waals surface area contributed by atoms with Gasteiger partial charge < -0.3 is 9.63 Å². The van der Waals surface area contributed by atoms with E-state index in [0.717, 1.165) is 23.1 Å². The van der Waals surface area contributed by atoms with Crippen LogP contribution in [-0.2, 0) is 12.8 Å². The third kappa shape index (κ3) is 2.91. The molecule has 0 saturated heterocycles. The Morgan fingerprint density at radius 1 is 1.24 bits per heavy atom. The van der Waals surface area contributed by atoms with E-state index in [4.69, 9.17) is 4.52 Å². The first-order valence-electron chi connectivity index (χ1n) is 6.80. The van der Waals surface area contributed by atoms with Crippen LogP contribution in [0.5, 0.6) is 5.75 Å². The molecule has 0 aliphatic carbocycles. The summed E-state index contributed by atoms with van der Waals surface area (Å²) in [7, 11) is 0.